The number of hydrogen-bond acceptors (Lipinski definition) is 3. The number of rotatable bonds is 3. The van der Waals surface area contributed by atoms with E-state index in [4.69, 9.17) is 0 Å². The molecule has 20 heavy (non-hydrogen) atoms. The van der Waals surface area contributed by atoms with Crippen molar-refractivity contribution in [1.29, 1.82) is 0 Å². The maximum Gasteiger partial charge on any atom is 0.261 e. The Kier molecular flexibility index (Phi) is 3.59. The first-order valence-electron chi connectivity index (χ1n) is 6.20. The topological polar surface area (TPSA) is 58.2 Å². The Morgan fingerprint density at radius 3 is 2.75 bits per heavy atom. The van der Waals surface area contributed by atoms with E-state index in [1.54, 1.807) is 18.2 Å². The highest BCUT2D eigenvalue weighted by Gasteiger charge is 2.19. The molecule has 0 saturated carbocycles. The summed E-state index contributed by atoms with van der Waals surface area (Å²) in [6.07, 6.45) is 0.863. The van der Waals surface area contributed by atoms with E-state index >= 15 is 0 Å². The Morgan fingerprint density at radius 2 is 1.95 bits per heavy atom. The maximum atomic E-state index is 12.4. The van der Waals surface area contributed by atoms with Crippen molar-refractivity contribution in [2.75, 3.05) is 16.6 Å². The van der Waals surface area contributed by atoms with Crippen molar-refractivity contribution in [2.45, 2.75) is 11.3 Å². The molecule has 2 aromatic carbocycles. The van der Waals surface area contributed by atoms with Crippen LogP contribution in [0.1, 0.15) is 5.56 Å². The van der Waals surface area contributed by atoms with Gasteiger partial charge in [-0.2, -0.15) is 0 Å². The van der Waals surface area contributed by atoms with E-state index < -0.39 is 10.0 Å². The summed E-state index contributed by atoms with van der Waals surface area (Å²) in [6, 6.07) is 12.5. The van der Waals surface area contributed by atoms with Gasteiger partial charge in [0.1, 0.15) is 0 Å². The summed E-state index contributed by atoms with van der Waals surface area (Å²) in [7, 11) is -3.54. The Morgan fingerprint density at radius 1 is 1.15 bits per heavy atom. The van der Waals surface area contributed by atoms with Crippen molar-refractivity contribution in [3.63, 3.8) is 0 Å². The van der Waals surface area contributed by atoms with E-state index in [1.165, 1.54) is 0 Å². The van der Waals surface area contributed by atoms with Gasteiger partial charge in [0.05, 0.1) is 10.6 Å². The molecule has 0 bridgehead atoms. The van der Waals surface area contributed by atoms with Crippen molar-refractivity contribution < 1.29 is 8.42 Å². The molecule has 0 atom stereocenters. The Balaban J connectivity index is 1.94. The average molecular weight is 400 g/mol. The number of fused-ring (bicyclic) bond motifs is 1. The van der Waals surface area contributed by atoms with Crippen LogP contribution in [0.3, 0.4) is 0 Å². The Labute approximate surface area is 131 Å². The summed E-state index contributed by atoms with van der Waals surface area (Å²) in [5.74, 6) is 0. The molecule has 1 aliphatic heterocycles. The second-order valence-electron chi connectivity index (χ2n) is 4.58. The smallest absolute Gasteiger partial charge is 0.261 e. The molecule has 2 aromatic rings. The van der Waals surface area contributed by atoms with Crippen LogP contribution in [0.4, 0.5) is 11.4 Å². The summed E-state index contributed by atoms with van der Waals surface area (Å²) in [4.78, 5) is 0.305. The molecule has 104 valence electrons. The molecular formula is C14H13IN2O2S. The lowest BCUT2D eigenvalue weighted by molar-refractivity contribution is 0.601. The molecule has 0 spiro atoms. The zero-order valence-corrected chi connectivity index (χ0v) is 13.5. The van der Waals surface area contributed by atoms with Crippen LogP contribution in [-0.4, -0.2) is 15.0 Å². The predicted molar refractivity (Wildman–Crippen MR) is 88.6 cm³/mol. The zero-order chi connectivity index (χ0) is 14.2. The fourth-order valence-corrected chi connectivity index (χ4v) is 4.03. The molecule has 0 aliphatic carbocycles. The third kappa shape index (κ3) is 2.62. The summed E-state index contributed by atoms with van der Waals surface area (Å²) in [6.45, 7) is 0.864. The predicted octanol–water partition coefficient (Wildman–Crippen LogP) is 3.06. The molecule has 0 aromatic heterocycles. The lowest BCUT2D eigenvalue weighted by Crippen LogP contribution is -2.14. The van der Waals surface area contributed by atoms with Crippen molar-refractivity contribution in [1.82, 2.24) is 0 Å². The summed E-state index contributed by atoms with van der Waals surface area (Å²) < 4.78 is 28.3. The summed E-state index contributed by atoms with van der Waals surface area (Å²) >= 11 is 2.11. The normalized spacial score (nSPS) is 13.7. The van der Waals surface area contributed by atoms with E-state index in [0.29, 0.717) is 10.6 Å². The fraction of sp³-hybridized carbons (Fsp3) is 0.143. The molecule has 1 aliphatic rings. The molecule has 0 radical (unpaired) electrons. The second-order valence-corrected chi connectivity index (χ2v) is 7.43. The quantitative estimate of drug-likeness (QED) is 0.779. The number of para-hydroxylation sites is 1. The first kappa shape index (κ1) is 13.7. The van der Waals surface area contributed by atoms with Gasteiger partial charge in [-0.25, -0.2) is 8.42 Å². The largest absolute Gasteiger partial charge is 0.384 e. The van der Waals surface area contributed by atoms with Crippen molar-refractivity contribution in [3.05, 3.63) is 51.6 Å². The lowest BCUT2D eigenvalue weighted by atomic mass is 10.2. The number of nitrogens with one attached hydrogen (secondary N) is 2. The van der Waals surface area contributed by atoms with Gasteiger partial charge in [0.15, 0.2) is 0 Å². The van der Waals surface area contributed by atoms with Gasteiger partial charge in [-0.1, -0.05) is 12.1 Å². The standard InChI is InChI=1S/C14H13IN2O2S/c15-12-3-1-2-4-14(12)17-20(18,19)11-5-6-13-10(9-11)7-8-16-13/h1-6,9,16-17H,7-8H2. The third-order valence-electron chi connectivity index (χ3n) is 3.21. The van der Waals surface area contributed by atoms with Crippen LogP contribution in [0.5, 0.6) is 0 Å². The molecule has 3 rings (SSSR count). The monoisotopic (exact) mass is 400 g/mol. The minimum absolute atomic E-state index is 0.305. The zero-order valence-electron chi connectivity index (χ0n) is 10.6. The number of anilines is 2. The van der Waals surface area contributed by atoms with Crippen molar-refractivity contribution in [3.8, 4) is 0 Å². The van der Waals surface area contributed by atoms with Crippen molar-refractivity contribution in [2.24, 2.45) is 0 Å². The van der Waals surface area contributed by atoms with Gasteiger partial charge >= 0.3 is 0 Å². The van der Waals surface area contributed by atoms with Gasteiger partial charge < -0.3 is 5.32 Å². The van der Waals surface area contributed by atoms with E-state index in [-0.39, 0.29) is 0 Å². The molecule has 2 N–H and O–H groups in total. The number of benzene rings is 2. The average Bonchev–Trinajstić information content (AvgIpc) is 2.88. The minimum Gasteiger partial charge on any atom is -0.384 e. The third-order valence-corrected chi connectivity index (χ3v) is 5.52. The van der Waals surface area contributed by atoms with Crippen LogP contribution in [-0.2, 0) is 16.4 Å². The molecule has 0 fully saturated rings. The van der Waals surface area contributed by atoms with Gasteiger partial charge in [-0.05, 0) is 64.9 Å². The molecule has 0 amide bonds. The van der Waals surface area contributed by atoms with Gasteiger partial charge in [-0.3, -0.25) is 4.72 Å². The molecular weight excluding hydrogens is 387 g/mol. The molecule has 0 saturated heterocycles. The molecule has 1 heterocycles. The fourth-order valence-electron chi connectivity index (χ4n) is 2.20. The van der Waals surface area contributed by atoms with Gasteiger partial charge in [0, 0.05) is 15.8 Å². The van der Waals surface area contributed by atoms with Crippen LogP contribution >= 0.6 is 22.6 Å². The first-order valence-corrected chi connectivity index (χ1v) is 8.76. The lowest BCUT2D eigenvalue weighted by Gasteiger charge is -2.10. The van der Waals surface area contributed by atoms with Crippen LogP contribution in [0, 0.1) is 3.57 Å². The highest BCUT2D eigenvalue weighted by molar-refractivity contribution is 14.1. The van der Waals surface area contributed by atoms with Crippen LogP contribution in [0.2, 0.25) is 0 Å². The number of sulfonamides is 1. The second kappa shape index (κ2) is 5.25. The number of halogens is 1. The highest BCUT2D eigenvalue weighted by Crippen LogP contribution is 2.27. The molecule has 4 nitrogen and oxygen atoms in total. The summed E-state index contributed by atoms with van der Waals surface area (Å²) in [5, 5.41) is 3.22. The molecule has 0 unspecified atom stereocenters. The van der Waals surface area contributed by atoms with E-state index in [1.807, 2.05) is 24.3 Å². The SMILES string of the molecule is O=S(=O)(Nc1ccccc1I)c1ccc2c(c1)CCN2. The van der Waals surface area contributed by atoms with Crippen molar-refractivity contribution >= 4 is 44.0 Å². The van der Waals surface area contributed by atoms with Crippen LogP contribution < -0.4 is 10.0 Å². The van der Waals surface area contributed by atoms with Gasteiger partial charge in [0.2, 0.25) is 0 Å². The minimum atomic E-state index is -3.54. The van der Waals surface area contributed by atoms with E-state index in [0.717, 1.165) is 27.8 Å². The molecule has 6 heteroatoms. The van der Waals surface area contributed by atoms with Crippen LogP contribution in [0.15, 0.2) is 47.4 Å². The first-order chi connectivity index (χ1) is 9.56. The van der Waals surface area contributed by atoms with Gasteiger partial charge in [-0.15, -0.1) is 0 Å². The van der Waals surface area contributed by atoms with Crippen LogP contribution in [0.25, 0.3) is 0 Å². The van der Waals surface area contributed by atoms with Gasteiger partial charge in [0.25, 0.3) is 10.0 Å². The summed E-state index contributed by atoms with van der Waals surface area (Å²) in [5.41, 5.74) is 2.68. The van der Waals surface area contributed by atoms with E-state index in [9.17, 15) is 8.42 Å². The maximum absolute atomic E-state index is 12.4. The highest BCUT2D eigenvalue weighted by atomic mass is 127. The Bertz CT molecular complexity index is 760. The Hall–Kier alpha value is -1.28. The number of hydrogen-bond donors (Lipinski definition) is 2. The van der Waals surface area contributed by atoms with E-state index in [2.05, 4.69) is 32.6 Å².